The van der Waals surface area contributed by atoms with E-state index < -0.39 is 11.7 Å². The van der Waals surface area contributed by atoms with Crippen molar-refractivity contribution in [3.8, 4) is 0 Å². The molecule has 3 heterocycles. The van der Waals surface area contributed by atoms with Crippen LogP contribution < -0.4 is 0 Å². The van der Waals surface area contributed by atoms with Gasteiger partial charge in [0.2, 0.25) is 5.91 Å². The van der Waals surface area contributed by atoms with Crippen molar-refractivity contribution in [2.45, 2.75) is 19.0 Å². The first-order valence-electron chi connectivity index (χ1n) is 8.85. The van der Waals surface area contributed by atoms with Crippen molar-refractivity contribution >= 4 is 11.6 Å². The topological polar surface area (TPSA) is 37.6 Å². The van der Waals surface area contributed by atoms with Gasteiger partial charge in [-0.3, -0.25) is 4.79 Å². The number of hydrogen-bond donors (Lipinski definition) is 0. The first-order chi connectivity index (χ1) is 13.3. The van der Waals surface area contributed by atoms with Crippen LogP contribution in [0, 0.1) is 11.7 Å². The summed E-state index contributed by atoms with van der Waals surface area (Å²) >= 11 is 0. The predicted molar refractivity (Wildman–Crippen MR) is 94.1 cm³/mol. The van der Waals surface area contributed by atoms with E-state index in [1.54, 1.807) is 17.2 Å². The molecule has 0 saturated carbocycles. The minimum absolute atomic E-state index is 0.0934. The third-order valence-electron chi connectivity index (χ3n) is 4.89. The maximum atomic E-state index is 13.2. The van der Waals surface area contributed by atoms with Gasteiger partial charge in [0, 0.05) is 25.5 Å². The van der Waals surface area contributed by atoms with E-state index in [2.05, 4.69) is 4.98 Å². The zero-order chi connectivity index (χ0) is 19.9. The Bertz CT molecular complexity index is 1020. The molecule has 3 aromatic rings. The van der Waals surface area contributed by atoms with E-state index in [-0.39, 0.29) is 24.1 Å². The van der Waals surface area contributed by atoms with Gasteiger partial charge in [0.05, 0.1) is 17.7 Å². The van der Waals surface area contributed by atoms with Crippen molar-refractivity contribution in [2.24, 2.45) is 5.92 Å². The van der Waals surface area contributed by atoms with E-state index in [9.17, 15) is 22.4 Å². The Labute approximate surface area is 158 Å². The quantitative estimate of drug-likeness (QED) is 0.636. The number of nitrogens with zero attached hydrogens (tertiary/aromatic N) is 3. The van der Waals surface area contributed by atoms with E-state index in [0.717, 1.165) is 6.07 Å². The smallest absolute Gasteiger partial charge is 0.342 e. The maximum absolute atomic E-state index is 13.2. The Kier molecular flexibility index (Phi) is 4.56. The minimum atomic E-state index is -4.35. The van der Waals surface area contributed by atoms with Crippen LogP contribution in [0.2, 0.25) is 0 Å². The average Bonchev–Trinajstić information content (AvgIpc) is 2.98. The first kappa shape index (κ1) is 18.5. The summed E-state index contributed by atoms with van der Waals surface area (Å²) < 4.78 is 53.1. The summed E-state index contributed by atoms with van der Waals surface area (Å²) in [5.41, 5.74) is 1.09. The second-order valence-electron chi connectivity index (χ2n) is 7.09. The zero-order valence-electron chi connectivity index (χ0n) is 14.8. The molecule has 4 rings (SSSR count). The lowest BCUT2D eigenvalue weighted by Gasteiger charge is -2.39. The molecule has 4 nitrogen and oxygen atoms in total. The van der Waals surface area contributed by atoms with E-state index in [1.165, 1.54) is 34.9 Å². The normalized spacial score (nSPS) is 15.1. The summed E-state index contributed by atoms with van der Waals surface area (Å²) in [6.45, 7) is 1.02. The third-order valence-corrected chi connectivity index (χ3v) is 4.89. The standard InChI is InChI=1S/C20H17F4N3O/c21-16-4-5-18-25-17(12-26(18)11-16)8-19(28)27-9-14(10-27)6-13-2-1-3-15(7-13)20(22,23)24/h1-5,7,11-12,14H,6,8-10H2. The van der Waals surface area contributed by atoms with Crippen LogP contribution in [0.5, 0.6) is 0 Å². The van der Waals surface area contributed by atoms with Crippen molar-refractivity contribution in [2.75, 3.05) is 13.1 Å². The molecule has 2 aromatic heterocycles. The minimum Gasteiger partial charge on any atom is -0.342 e. The highest BCUT2D eigenvalue weighted by Gasteiger charge is 2.33. The van der Waals surface area contributed by atoms with Gasteiger partial charge >= 0.3 is 6.18 Å². The van der Waals surface area contributed by atoms with Crippen LogP contribution >= 0.6 is 0 Å². The number of halogens is 4. The molecular formula is C20H17F4N3O. The van der Waals surface area contributed by atoms with Crippen LogP contribution in [0.15, 0.2) is 48.8 Å². The van der Waals surface area contributed by atoms with Crippen molar-refractivity contribution in [1.29, 1.82) is 0 Å². The van der Waals surface area contributed by atoms with Crippen molar-refractivity contribution < 1.29 is 22.4 Å². The van der Waals surface area contributed by atoms with Gasteiger partial charge in [0.15, 0.2) is 0 Å². The number of benzene rings is 1. The highest BCUT2D eigenvalue weighted by atomic mass is 19.4. The zero-order valence-corrected chi connectivity index (χ0v) is 14.8. The van der Waals surface area contributed by atoms with Gasteiger partial charge in [0.25, 0.3) is 0 Å². The highest BCUT2D eigenvalue weighted by Crippen LogP contribution is 2.30. The van der Waals surface area contributed by atoms with Crippen LogP contribution in [0.3, 0.4) is 0 Å². The summed E-state index contributed by atoms with van der Waals surface area (Å²) in [7, 11) is 0. The second kappa shape index (κ2) is 6.92. The number of amides is 1. The SMILES string of the molecule is O=C(Cc1cn2cc(F)ccc2n1)N1CC(Cc2cccc(C(F)(F)F)c2)C1. The monoisotopic (exact) mass is 391 g/mol. The summed E-state index contributed by atoms with van der Waals surface area (Å²) in [6, 6.07) is 8.16. The van der Waals surface area contributed by atoms with Crippen molar-refractivity contribution in [3.63, 3.8) is 0 Å². The molecule has 0 spiro atoms. The molecule has 0 atom stereocenters. The lowest BCUT2D eigenvalue weighted by atomic mass is 9.91. The van der Waals surface area contributed by atoms with Crippen molar-refractivity contribution in [3.05, 3.63) is 71.4 Å². The molecule has 0 unspecified atom stereocenters. The molecule has 0 bridgehead atoms. The number of rotatable bonds is 4. The number of fused-ring (bicyclic) bond motifs is 1. The van der Waals surface area contributed by atoms with Gasteiger partial charge in [-0.05, 0) is 36.1 Å². The Morgan fingerprint density at radius 1 is 1.14 bits per heavy atom. The molecule has 0 N–H and O–H groups in total. The van der Waals surface area contributed by atoms with Gasteiger partial charge in [-0.25, -0.2) is 9.37 Å². The number of imidazole rings is 1. The number of likely N-dealkylation sites (tertiary alicyclic amines) is 1. The van der Waals surface area contributed by atoms with Gasteiger partial charge < -0.3 is 9.30 Å². The molecular weight excluding hydrogens is 374 g/mol. The summed E-state index contributed by atoms with van der Waals surface area (Å²) in [5.74, 6) is -0.338. The largest absolute Gasteiger partial charge is 0.416 e. The average molecular weight is 391 g/mol. The number of hydrogen-bond acceptors (Lipinski definition) is 2. The number of carbonyl (C=O) groups excluding carboxylic acids is 1. The van der Waals surface area contributed by atoms with Crippen LogP contribution in [0.1, 0.15) is 16.8 Å². The van der Waals surface area contributed by atoms with Gasteiger partial charge in [0.1, 0.15) is 11.5 Å². The molecule has 0 radical (unpaired) electrons. The summed E-state index contributed by atoms with van der Waals surface area (Å²) in [6.07, 6.45) is -0.823. The maximum Gasteiger partial charge on any atom is 0.416 e. The molecule has 1 aliphatic rings. The third kappa shape index (κ3) is 3.85. The Hall–Kier alpha value is -2.90. The number of carbonyl (C=O) groups is 1. The molecule has 146 valence electrons. The van der Waals surface area contributed by atoms with E-state index >= 15 is 0 Å². The van der Waals surface area contributed by atoms with Crippen LogP contribution in [0.25, 0.3) is 5.65 Å². The molecule has 1 saturated heterocycles. The molecule has 0 aliphatic carbocycles. The molecule has 8 heteroatoms. The number of alkyl halides is 3. The fraction of sp³-hybridized carbons (Fsp3) is 0.300. The van der Waals surface area contributed by atoms with Gasteiger partial charge in [-0.1, -0.05) is 18.2 Å². The molecule has 1 amide bonds. The molecule has 1 aliphatic heterocycles. The van der Waals surface area contributed by atoms with Crippen molar-refractivity contribution in [1.82, 2.24) is 14.3 Å². The van der Waals surface area contributed by atoms with E-state index in [1.807, 2.05) is 0 Å². The van der Waals surface area contributed by atoms with E-state index in [0.29, 0.717) is 36.4 Å². The van der Waals surface area contributed by atoms with Crippen LogP contribution in [-0.2, 0) is 23.8 Å². The summed E-state index contributed by atoms with van der Waals surface area (Å²) in [5, 5.41) is 0. The summed E-state index contributed by atoms with van der Waals surface area (Å²) in [4.78, 5) is 18.3. The Balaban J connectivity index is 1.32. The molecule has 28 heavy (non-hydrogen) atoms. The second-order valence-corrected chi connectivity index (χ2v) is 7.09. The van der Waals surface area contributed by atoms with Crippen LogP contribution in [0.4, 0.5) is 17.6 Å². The van der Waals surface area contributed by atoms with Gasteiger partial charge in [-0.2, -0.15) is 13.2 Å². The fourth-order valence-electron chi connectivity index (χ4n) is 3.48. The predicted octanol–water partition coefficient (Wildman–Crippen LogP) is 3.74. The fourth-order valence-corrected chi connectivity index (χ4v) is 3.48. The lowest BCUT2D eigenvalue weighted by molar-refractivity contribution is -0.137. The lowest BCUT2D eigenvalue weighted by Crippen LogP contribution is -2.51. The number of pyridine rings is 1. The Morgan fingerprint density at radius 2 is 1.93 bits per heavy atom. The Morgan fingerprint density at radius 3 is 2.68 bits per heavy atom. The number of aromatic nitrogens is 2. The van der Waals surface area contributed by atoms with Gasteiger partial charge in [-0.15, -0.1) is 0 Å². The molecule has 1 aromatic carbocycles. The van der Waals surface area contributed by atoms with E-state index in [4.69, 9.17) is 0 Å². The molecule has 1 fully saturated rings. The highest BCUT2D eigenvalue weighted by molar-refractivity contribution is 5.79. The first-order valence-corrected chi connectivity index (χ1v) is 8.85. The van der Waals surface area contributed by atoms with Crippen LogP contribution in [-0.4, -0.2) is 33.3 Å².